The van der Waals surface area contributed by atoms with Crippen molar-refractivity contribution in [2.45, 2.75) is 59.4 Å². The van der Waals surface area contributed by atoms with Gasteiger partial charge in [-0.25, -0.2) is 0 Å². The molecule has 1 aliphatic heterocycles. The van der Waals surface area contributed by atoms with Gasteiger partial charge >= 0.3 is 0 Å². The van der Waals surface area contributed by atoms with Gasteiger partial charge in [-0.1, -0.05) is 32.4 Å². The fraction of sp³-hybridized carbons (Fsp3) is 0.667. The second-order valence-electron chi connectivity index (χ2n) is 7.05. The summed E-state index contributed by atoms with van der Waals surface area (Å²) in [6, 6.07) is 4.66. The summed E-state index contributed by atoms with van der Waals surface area (Å²) in [5.41, 5.74) is 2.76. The van der Waals surface area contributed by atoms with Crippen LogP contribution >= 0.6 is 11.6 Å². The van der Waals surface area contributed by atoms with E-state index in [2.05, 4.69) is 39.1 Å². The van der Waals surface area contributed by atoms with Crippen LogP contribution in [0.1, 0.15) is 51.7 Å². The number of hydrogen-bond donors (Lipinski definition) is 1. The van der Waals surface area contributed by atoms with Crippen LogP contribution < -0.4 is 10.1 Å². The van der Waals surface area contributed by atoms with Gasteiger partial charge in [0.1, 0.15) is 5.75 Å². The number of benzene rings is 1. The van der Waals surface area contributed by atoms with Crippen molar-refractivity contribution in [3.05, 3.63) is 28.3 Å². The molecule has 118 valence electrons. The van der Waals surface area contributed by atoms with Gasteiger partial charge in [0.2, 0.25) is 0 Å². The minimum atomic E-state index is 0.227. The van der Waals surface area contributed by atoms with E-state index in [-0.39, 0.29) is 5.41 Å². The normalized spacial score (nSPS) is 15.7. The lowest BCUT2D eigenvalue weighted by Gasteiger charge is -2.29. The molecule has 1 atom stereocenters. The molecule has 1 unspecified atom stereocenters. The maximum atomic E-state index is 6.26. The van der Waals surface area contributed by atoms with E-state index < -0.39 is 0 Å². The van der Waals surface area contributed by atoms with Gasteiger partial charge in [-0.2, -0.15) is 0 Å². The van der Waals surface area contributed by atoms with E-state index in [1.807, 2.05) is 6.07 Å². The van der Waals surface area contributed by atoms with E-state index >= 15 is 0 Å². The highest BCUT2D eigenvalue weighted by Gasteiger charge is 2.26. The Balaban J connectivity index is 2.06. The number of rotatable bonds is 7. The molecular weight excluding hydrogens is 282 g/mol. The van der Waals surface area contributed by atoms with Crippen LogP contribution in [0.5, 0.6) is 5.75 Å². The third kappa shape index (κ3) is 4.62. The van der Waals surface area contributed by atoms with Crippen LogP contribution in [0.4, 0.5) is 0 Å². The van der Waals surface area contributed by atoms with Crippen LogP contribution in [-0.2, 0) is 12.8 Å². The largest absolute Gasteiger partial charge is 0.493 e. The van der Waals surface area contributed by atoms with Crippen molar-refractivity contribution in [3.63, 3.8) is 0 Å². The van der Waals surface area contributed by atoms with Gasteiger partial charge in [0.05, 0.1) is 6.61 Å². The highest BCUT2D eigenvalue weighted by atomic mass is 35.5. The summed E-state index contributed by atoms with van der Waals surface area (Å²) < 4.78 is 5.83. The summed E-state index contributed by atoms with van der Waals surface area (Å²) in [6.07, 6.45) is 4.32. The fourth-order valence-electron chi connectivity index (χ4n) is 3.36. The molecule has 0 saturated carbocycles. The molecule has 1 aromatic carbocycles. The summed E-state index contributed by atoms with van der Waals surface area (Å²) in [5, 5.41) is 4.42. The SMILES string of the molecule is CCCNC(C)CC(C)(C)Cc1cc(Cl)cc2c1OCC2. The lowest BCUT2D eigenvalue weighted by molar-refractivity contribution is 0.281. The molecule has 0 amide bonds. The van der Waals surface area contributed by atoms with Gasteiger partial charge < -0.3 is 10.1 Å². The first-order valence-electron chi connectivity index (χ1n) is 8.09. The van der Waals surface area contributed by atoms with Crippen molar-refractivity contribution in [2.75, 3.05) is 13.2 Å². The van der Waals surface area contributed by atoms with E-state index in [1.165, 1.54) is 17.5 Å². The number of ether oxygens (including phenoxy) is 1. The zero-order valence-corrected chi connectivity index (χ0v) is 14.5. The van der Waals surface area contributed by atoms with Gasteiger partial charge in [-0.3, -0.25) is 0 Å². The molecule has 1 aliphatic rings. The quantitative estimate of drug-likeness (QED) is 0.793. The Hall–Kier alpha value is -0.730. The molecule has 2 rings (SSSR count). The van der Waals surface area contributed by atoms with Crippen molar-refractivity contribution >= 4 is 11.6 Å². The highest BCUT2D eigenvalue weighted by molar-refractivity contribution is 6.30. The van der Waals surface area contributed by atoms with E-state index in [0.717, 1.165) is 43.2 Å². The first-order chi connectivity index (χ1) is 9.91. The Bertz CT molecular complexity index is 484. The maximum absolute atomic E-state index is 6.26. The predicted octanol–water partition coefficient (Wildman–Crippen LogP) is 4.62. The van der Waals surface area contributed by atoms with Crippen molar-refractivity contribution in [1.29, 1.82) is 0 Å². The molecule has 1 N–H and O–H groups in total. The number of fused-ring (bicyclic) bond motifs is 1. The Kier molecular flexibility index (Phi) is 5.56. The Morgan fingerprint density at radius 1 is 1.38 bits per heavy atom. The van der Waals surface area contributed by atoms with Crippen LogP contribution in [0.2, 0.25) is 5.02 Å². The third-order valence-electron chi connectivity index (χ3n) is 4.10. The average Bonchev–Trinajstić information content (AvgIpc) is 2.83. The molecule has 0 saturated heterocycles. The molecule has 0 bridgehead atoms. The van der Waals surface area contributed by atoms with Crippen molar-refractivity contribution in [2.24, 2.45) is 5.41 Å². The molecular formula is C18H28ClNO. The predicted molar refractivity (Wildman–Crippen MR) is 90.5 cm³/mol. The van der Waals surface area contributed by atoms with E-state index in [9.17, 15) is 0 Å². The smallest absolute Gasteiger partial charge is 0.125 e. The van der Waals surface area contributed by atoms with E-state index in [1.54, 1.807) is 0 Å². The number of nitrogens with one attached hydrogen (secondary N) is 1. The maximum Gasteiger partial charge on any atom is 0.125 e. The minimum Gasteiger partial charge on any atom is -0.493 e. The zero-order chi connectivity index (χ0) is 15.5. The summed E-state index contributed by atoms with van der Waals surface area (Å²) in [6.45, 7) is 11.0. The summed E-state index contributed by atoms with van der Waals surface area (Å²) in [7, 11) is 0. The summed E-state index contributed by atoms with van der Waals surface area (Å²) >= 11 is 6.26. The lowest BCUT2D eigenvalue weighted by atomic mass is 9.80. The number of hydrogen-bond acceptors (Lipinski definition) is 2. The molecule has 0 aromatic heterocycles. The molecule has 1 heterocycles. The Labute approximate surface area is 134 Å². The van der Waals surface area contributed by atoms with Gasteiger partial charge in [0, 0.05) is 17.5 Å². The monoisotopic (exact) mass is 309 g/mol. The third-order valence-corrected chi connectivity index (χ3v) is 4.31. The standard InChI is InChI=1S/C18H28ClNO/c1-5-7-20-13(2)11-18(3,4)12-15-10-16(19)9-14-6-8-21-17(14)15/h9-10,13,20H,5-8,11-12H2,1-4H3. The molecule has 1 aromatic rings. The first-order valence-corrected chi connectivity index (χ1v) is 8.46. The second kappa shape index (κ2) is 7.02. The highest BCUT2D eigenvalue weighted by Crippen LogP contribution is 2.38. The van der Waals surface area contributed by atoms with Crippen LogP contribution in [0.3, 0.4) is 0 Å². The zero-order valence-electron chi connectivity index (χ0n) is 13.8. The lowest BCUT2D eigenvalue weighted by Crippen LogP contribution is -2.32. The van der Waals surface area contributed by atoms with Crippen LogP contribution in [0.25, 0.3) is 0 Å². The van der Waals surface area contributed by atoms with Crippen molar-refractivity contribution in [3.8, 4) is 5.75 Å². The molecule has 0 radical (unpaired) electrons. The molecule has 3 heteroatoms. The fourth-order valence-corrected chi connectivity index (χ4v) is 3.62. The molecule has 0 aliphatic carbocycles. The van der Waals surface area contributed by atoms with Gasteiger partial charge in [-0.15, -0.1) is 0 Å². The summed E-state index contributed by atoms with van der Waals surface area (Å²) in [5.74, 6) is 1.08. The summed E-state index contributed by atoms with van der Waals surface area (Å²) in [4.78, 5) is 0. The van der Waals surface area contributed by atoms with Gasteiger partial charge in [0.15, 0.2) is 0 Å². The van der Waals surface area contributed by atoms with Crippen LogP contribution in [0, 0.1) is 5.41 Å². The molecule has 2 nitrogen and oxygen atoms in total. The molecule has 0 spiro atoms. The first kappa shape index (κ1) is 16.6. The van der Waals surface area contributed by atoms with E-state index in [4.69, 9.17) is 16.3 Å². The number of halogens is 1. The van der Waals surface area contributed by atoms with E-state index in [0.29, 0.717) is 6.04 Å². The Morgan fingerprint density at radius 2 is 2.14 bits per heavy atom. The van der Waals surface area contributed by atoms with Crippen LogP contribution in [0.15, 0.2) is 12.1 Å². The second-order valence-corrected chi connectivity index (χ2v) is 7.49. The van der Waals surface area contributed by atoms with Crippen molar-refractivity contribution in [1.82, 2.24) is 5.32 Å². The van der Waals surface area contributed by atoms with Gasteiger partial charge in [-0.05, 0) is 61.4 Å². The average molecular weight is 310 g/mol. The Morgan fingerprint density at radius 3 is 2.86 bits per heavy atom. The molecule has 0 fully saturated rings. The molecule has 21 heavy (non-hydrogen) atoms. The van der Waals surface area contributed by atoms with Crippen LogP contribution in [-0.4, -0.2) is 19.2 Å². The van der Waals surface area contributed by atoms with Crippen molar-refractivity contribution < 1.29 is 4.74 Å². The minimum absolute atomic E-state index is 0.227. The van der Waals surface area contributed by atoms with Gasteiger partial charge in [0.25, 0.3) is 0 Å². The topological polar surface area (TPSA) is 21.3 Å².